The van der Waals surface area contributed by atoms with Crippen LogP contribution in [0.2, 0.25) is 0 Å². The molecule has 3 heterocycles. The number of rotatable bonds is 6. The average molecular weight is 495 g/mol. The Hall–Kier alpha value is -3.83. The van der Waals surface area contributed by atoms with Gasteiger partial charge in [-0.25, -0.2) is 14.1 Å². The van der Waals surface area contributed by atoms with Gasteiger partial charge in [0.2, 0.25) is 0 Å². The van der Waals surface area contributed by atoms with Crippen LogP contribution in [0, 0.1) is 5.82 Å². The zero-order chi connectivity index (χ0) is 24.2. The van der Waals surface area contributed by atoms with E-state index in [0.717, 1.165) is 30.1 Å². The van der Waals surface area contributed by atoms with Gasteiger partial charge in [0, 0.05) is 24.5 Å². The van der Waals surface area contributed by atoms with E-state index in [4.69, 9.17) is 4.74 Å². The largest absolute Gasteiger partial charge is 0.378 e. The molecule has 1 saturated heterocycles. The molecule has 0 spiro atoms. The Labute approximate surface area is 204 Å². The molecule has 2 aromatic heterocycles. The number of hydrogen-bond donors (Lipinski definition) is 2. The number of aromatic nitrogens is 3. The number of nitrogens with zero attached hydrogens (tertiary/aromatic N) is 4. The molecule has 2 N–H and O–H groups in total. The fourth-order valence-corrected chi connectivity index (χ4v) is 4.81. The van der Waals surface area contributed by atoms with Crippen LogP contribution in [0.4, 0.5) is 10.1 Å². The lowest BCUT2D eigenvalue weighted by atomic mass is 10.0. The van der Waals surface area contributed by atoms with Crippen LogP contribution in [0.3, 0.4) is 0 Å². The number of hydrogen-bond acceptors (Lipinski definition) is 7. The topological polar surface area (TPSA) is 101 Å². The number of carbonyl (C=O) groups excluding carboxylic acids is 2. The molecule has 180 valence electrons. The van der Waals surface area contributed by atoms with Crippen molar-refractivity contribution in [2.75, 3.05) is 31.6 Å². The van der Waals surface area contributed by atoms with Gasteiger partial charge in [0.1, 0.15) is 18.3 Å². The van der Waals surface area contributed by atoms with Crippen molar-refractivity contribution in [3.63, 3.8) is 0 Å². The quantitative estimate of drug-likeness (QED) is 0.547. The van der Waals surface area contributed by atoms with Crippen LogP contribution in [0.25, 0.3) is 5.69 Å². The van der Waals surface area contributed by atoms with E-state index in [9.17, 15) is 14.0 Å². The molecule has 35 heavy (non-hydrogen) atoms. The lowest BCUT2D eigenvalue weighted by molar-refractivity contribution is 0.0495. The number of anilines is 1. The Morgan fingerprint density at radius 3 is 2.66 bits per heavy atom. The van der Waals surface area contributed by atoms with Crippen molar-refractivity contribution in [1.29, 1.82) is 0 Å². The molecule has 1 atom stereocenters. The first-order valence-electron chi connectivity index (χ1n) is 11.1. The van der Waals surface area contributed by atoms with Crippen LogP contribution in [0.15, 0.2) is 66.9 Å². The lowest BCUT2D eigenvalue weighted by Crippen LogP contribution is -2.45. The predicted molar refractivity (Wildman–Crippen MR) is 129 cm³/mol. The molecule has 3 aromatic rings. The highest BCUT2D eigenvalue weighted by Gasteiger charge is 2.25. The van der Waals surface area contributed by atoms with Crippen molar-refractivity contribution in [2.45, 2.75) is 12.5 Å². The second-order valence-electron chi connectivity index (χ2n) is 8.01. The monoisotopic (exact) mass is 494 g/mol. The summed E-state index contributed by atoms with van der Waals surface area (Å²) in [6, 6.07) is 7.37. The minimum atomic E-state index is -0.551. The van der Waals surface area contributed by atoms with Gasteiger partial charge in [-0.15, -0.1) is 11.3 Å². The van der Waals surface area contributed by atoms with Gasteiger partial charge in [-0.1, -0.05) is 12.2 Å². The van der Waals surface area contributed by atoms with Gasteiger partial charge in [0.05, 0.1) is 29.0 Å². The van der Waals surface area contributed by atoms with E-state index in [0.29, 0.717) is 35.1 Å². The molecule has 2 amide bonds. The number of allylic oxidation sites excluding steroid dienone is 2. The summed E-state index contributed by atoms with van der Waals surface area (Å²) in [5.41, 5.74) is 1.58. The molecule has 2 aliphatic rings. The Morgan fingerprint density at radius 1 is 1.11 bits per heavy atom. The van der Waals surface area contributed by atoms with Gasteiger partial charge in [0.15, 0.2) is 5.82 Å². The van der Waals surface area contributed by atoms with E-state index >= 15 is 0 Å². The molecule has 0 radical (unpaired) electrons. The SMILES string of the molecule is O=C(Nc1ccc(-n2cncn2)c(F)c1)c1ccc(C(=O)NC2CC=CC=C2N2CCOCC2)s1. The normalized spacial score (nSPS) is 17.7. The number of nitrogens with one attached hydrogen (secondary N) is 2. The van der Waals surface area contributed by atoms with Gasteiger partial charge >= 0.3 is 0 Å². The first kappa shape index (κ1) is 22.9. The van der Waals surface area contributed by atoms with Gasteiger partial charge in [0.25, 0.3) is 11.8 Å². The molecular formula is C24H23FN6O3S. The summed E-state index contributed by atoms with van der Waals surface area (Å²) in [6.45, 7) is 2.90. The Bertz CT molecular complexity index is 1280. The standard InChI is InChI=1S/C24H23FN6O3S/c25-17-13-16(5-6-19(17)31-15-26-14-27-31)28-23(32)21-7-8-22(35-21)24(33)29-18-3-1-2-4-20(18)30-9-11-34-12-10-30/h1-2,4-8,13-15,18H,3,9-12H2,(H,28,32)(H,29,33). The van der Waals surface area contributed by atoms with Crippen LogP contribution in [-0.2, 0) is 4.74 Å². The number of amides is 2. The van der Waals surface area contributed by atoms with Gasteiger partial charge < -0.3 is 20.3 Å². The van der Waals surface area contributed by atoms with E-state index in [-0.39, 0.29) is 17.6 Å². The van der Waals surface area contributed by atoms with Gasteiger partial charge in [-0.2, -0.15) is 5.10 Å². The third-order valence-corrected chi connectivity index (χ3v) is 6.82. The third-order valence-electron chi connectivity index (χ3n) is 5.74. The summed E-state index contributed by atoms with van der Waals surface area (Å²) in [6.07, 6.45) is 9.45. The van der Waals surface area contributed by atoms with E-state index < -0.39 is 11.7 Å². The average Bonchev–Trinajstić information content (AvgIpc) is 3.58. The number of ether oxygens (including phenoxy) is 1. The minimum absolute atomic E-state index is 0.142. The number of benzene rings is 1. The molecule has 0 bridgehead atoms. The van der Waals surface area contributed by atoms with Crippen LogP contribution >= 0.6 is 11.3 Å². The van der Waals surface area contributed by atoms with Crippen LogP contribution in [0.1, 0.15) is 25.8 Å². The molecule has 0 saturated carbocycles. The summed E-state index contributed by atoms with van der Waals surface area (Å²) in [5.74, 6) is -1.21. The molecule has 1 aliphatic carbocycles. The number of halogens is 1. The summed E-state index contributed by atoms with van der Waals surface area (Å²) in [4.78, 5) is 32.5. The summed E-state index contributed by atoms with van der Waals surface area (Å²) < 4.78 is 21.2. The number of thiophene rings is 1. The predicted octanol–water partition coefficient (Wildman–Crippen LogP) is 2.99. The molecule has 5 rings (SSSR count). The van der Waals surface area contributed by atoms with Crippen LogP contribution in [0.5, 0.6) is 0 Å². The Kier molecular flexibility index (Phi) is 6.68. The first-order valence-corrected chi connectivity index (χ1v) is 12.0. The minimum Gasteiger partial charge on any atom is -0.378 e. The van der Waals surface area contributed by atoms with Crippen molar-refractivity contribution in [3.05, 3.63) is 82.5 Å². The molecule has 9 nitrogen and oxygen atoms in total. The molecule has 1 unspecified atom stereocenters. The summed E-state index contributed by atoms with van der Waals surface area (Å²) in [7, 11) is 0. The summed E-state index contributed by atoms with van der Waals surface area (Å²) in [5, 5.41) is 9.66. The smallest absolute Gasteiger partial charge is 0.265 e. The first-order chi connectivity index (χ1) is 17.1. The zero-order valence-corrected chi connectivity index (χ0v) is 19.5. The van der Waals surface area contributed by atoms with Gasteiger partial charge in [-0.05, 0) is 42.8 Å². The highest BCUT2D eigenvalue weighted by molar-refractivity contribution is 7.16. The van der Waals surface area contributed by atoms with E-state index in [2.05, 4.69) is 25.6 Å². The maximum atomic E-state index is 14.5. The van der Waals surface area contributed by atoms with Crippen molar-refractivity contribution in [3.8, 4) is 5.69 Å². The maximum absolute atomic E-state index is 14.5. The lowest BCUT2D eigenvalue weighted by Gasteiger charge is -2.36. The molecule has 1 fully saturated rings. The molecular weight excluding hydrogens is 471 g/mol. The van der Waals surface area contributed by atoms with Crippen LogP contribution in [-0.4, -0.2) is 63.8 Å². The zero-order valence-electron chi connectivity index (χ0n) is 18.7. The highest BCUT2D eigenvalue weighted by Crippen LogP contribution is 2.23. The van der Waals surface area contributed by atoms with E-state index in [1.54, 1.807) is 18.2 Å². The highest BCUT2D eigenvalue weighted by atomic mass is 32.1. The van der Waals surface area contributed by atoms with E-state index in [1.807, 2.05) is 18.2 Å². The van der Waals surface area contributed by atoms with Crippen LogP contribution < -0.4 is 10.6 Å². The Morgan fingerprint density at radius 2 is 1.91 bits per heavy atom. The second-order valence-corrected chi connectivity index (χ2v) is 9.09. The molecule has 11 heteroatoms. The second kappa shape index (κ2) is 10.2. The van der Waals surface area contributed by atoms with Crippen molar-refractivity contribution < 1.29 is 18.7 Å². The fraction of sp³-hybridized carbons (Fsp3) is 0.250. The van der Waals surface area contributed by atoms with Crippen molar-refractivity contribution in [2.24, 2.45) is 0 Å². The Balaban J connectivity index is 1.23. The molecule has 1 aliphatic heterocycles. The number of morpholine rings is 1. The third kappa shape index (κ3) is 5.15. The molecule has 1 aromatic carbocycles. The van der Waals surface area contributed by atoms with Crippen molar-refractivity contribution >= 4 is 28.8 Å². The van der Waals surface area contributed by atoms with Gasteiger partial charge in [-0.3, -0.25) is 9.59 Å². The number of carbonyl (C=O) groups is 2. The fourth-order valence-electron chi connectivity index (χ4n) is 4.01. The van der Waals surface area contributed by atoms with E-state index in [1.165, 1.54) is 29.5 Å². The van der Waals surface area contributed by atoms with Crippen molar-refractivity contribution in [1.82, 2.24) is 25.0 Å². The maximum Gasteiger partial charge on any atom is 0.265 e. The summed E-state index contributed by atoms with van der Waals surface area (Å²) >= 11 is 1.09.